The maximum Gasteiger partial charge on any atom is 0.519 e. The van der Waals surface area contributed by atoms with Gasteiger partial charge in [-0.25, -0.2) is 9.59 Å². The highest BCUT2D eigenvalue weighted by Crippen LogP contribution is 2.23. The maximum atomic E-state index is 12.6. The molecule has 1 aliphatic heterocycles. The molecule has 0 aromatic carbocycles. The molecule has 33 heavy (non-hydrogen) atoms. The molecule has 2 heterocycles. The summed E-state index contributed by atoms with van der Waals surface area (Å²) >= 11 is 5.02. The fraction of sp³-hybridized carbons (Fsp3) is 0.714. The lowest BCUT2D eigenvalue weighted by atomic mass is 9.97. The number of hydrogen-bond donors (Lipinski definition) is 1. The standard InChI is InChI=1S/C21H31NO9S2/c1-14-16(31-19(25)30-14)12-29-20(26)33-13-15(11-17(23)21(2,3)32)18(24)28-8-4-5-22-6-9-27-10-7-22/h15,32H,4-13H2,1-3H3/t15-/m0/s1. The Labute approximate surface area is 202 Å². The Balaban J connectivity index is 1.83. The number of thioether (sulfide) groups is 1. The average Bonchev–Trinajstić information content (AvgIpc) is 3.09. The highest BCUT2D eigenvalue weighted by Gasteiger charge is 2.31. The second-order valence-corrected chi connectivity index (χ2v) is 10.2. The second kappa shape index (κ2) is 13.2. The Morgan fingerprint density at radius 1 is 1.18 bits per heavy atom. The number of hydrogen-bond acceptors (Lipinski definition) is 12. The molecule has 0 bridgehead atoms. The first-order chi connectivity index (χ1) is 15.6. The zero-order valence-corrected chi connectivity index (χ0v) is 20.8. The minimum Gasteiger partial charge on any atom is -0.465 e. The normalized spacial score (nSPS) is 15.8. The van der Waals surface area contributed by atoms with Gasteiger partial charge in [-0.1, -0.05) is 0 Å². The first kappa shape index (κ1) is 27.5. The first-order valence-corrected chi connectivity index (χ1v) is 12.1. The van der Waals surface area contributed by atoms with E-state index in [2.05, 4.69) is 17.5 Å². The number of rotatable bonds is 12. The molecule has 1 atom stereocenters. The number of nitrogens with zero attached hydrogens (tertiary/aromatic N) is 1. The molecule has 2 rings (SSSR count). The van der Waals surface area contributed by atoms with Gasteiger partial charge < -0.3 is 23.0 Å². The van der Waals surface area contributed by atoms with Crippen LogP contribution < -0.4 is 5.82 Å². The largest absolute Gasteiger partial charge is 0.519 e. The molecule has 0 saturated carbocycles. The van der Waals surface area contributed by atoms with Gasteiger partial charge in [-0.05, 0) is 39.0 Å². The van der Waals surface area contributed by atoms with Crippen molar-refractivity contribution in [2.45, 2.75) is 45.0 Å². The van der Waals surface area contributed by atoms with Crippen LogP contribution in [0, 0.1) is 12.8 Å². The van der Waals surface area contributed by atoms with Crippen LogP contribution in [0.25, 0.3) is 0 Å². The van der Waals surface area contributed by atoms with E-state index in [1.54, 1.807) is 13.8 Å². The van der Waals surface area contributed by atoms with Crippen LogP contribution in [0.1, 0.15) is 38.2 Å². The number of thiol groups is 1. The van der Waals surface area contributed by atoms with E-state index in [1.807, 2.05) is 0 Å². The topological polar surface area (TPSA) is 125 Å². The summed E-state index contributed by atoms with van der Waals surface area (Å²) in [4.78, 5) is 50.5. The number of ketones is 1. The molecule has 1 aliphatic rings. The van der Waals surface area contributed by atoms with Gasteiger partial charge in [0.1, 0.15) is 5.78 Å². The number of morpholine rings is 1. The van der Waals surface area contributed by atoms with Crippen LogP contribution in [0.4, 0.5) is 4.79 Å². The number of carbonyl (C=O) groups is 3. The number of ether oxygens (including phenoxy) is 3. The summed E-state index contributed by atoms with van der Waals surface area (Å²) < 4.78 is 24.3. The van der Waals surface area contributed by atoms with E-state index in [-0.39, 0.29) is 42.7 Å². The minimum atomic E-state index is -0.920. The van der Waals surface area contributed by atoms with Crippen LogP contribution in [-0.2, 0) is 30.4 Å². The van der Waals surface area contributed by atoms with Gasteiger partial charge in [-0.2, -0.15) is 12.6 Å². The lowest BCUT2D eigenvalue weighted by Gasteiger charge is -2.26. The molecular formula is C21H31NO9S2. The Hall–Kier alpha value is -1.76. The third kappa shape index (κ3) is 9.95. The van der Waals surface area contributed by atoms with E-state index >= 15 is 0 Å². The molecule has 12 heteroatoms. The summed E-state index contributed by atoms with van der Waals surface area (Å²) in [6.45, 7) is 8.63. The van der Waals surface area contributed by atoms with Crippen molar-refractivity contribution in [3.63, 3.8) is 0 Å². The van der Waals surface area contributed by atoms with E-state index in [4.69, 9.17) is 23.0 Å². The van der Waals surface area contributed by atoms with E-state index < -0.39 is 27.8 Å². The third-order valence-corrected chi connectivity index (χ3v) is 6.15. The maximum absolute atomic E-state index is 12.6. The molecule has 186 valence electrons. The molecular weight excluding hydrogens is 474 g/mol. The van der Waals surface area contributed by atoms with E-state index in [0.29, 0.717) is 19.6 Å². The SMILES string of the molecule is Cc1oc(=O)oc1COC(=O)SC[C@H](CC(=O)C(C)(C)S)C(=O)OCCCN1CCOCC1. The summed E-state index contributed by atoms with van der Waals surface area (Å²) in [5.41, 5.74) is 0. The van der Waals surface area contributed by atoms with Gasteiger partial charge >= 0.3 is 17.1 Å². The fourth-order valence-corrected chi connectivity index (χ4v) is 3.75. The van der Waals surface area contributed by atoms with Gasteiger partial charge in [0.05, 0.1) is 30.5 Å². The van der Waals surface area contributed by atoms with Crippen LogP contribution in [0.15, 0.2) is 13.6 Å². The molecule has 1 aromatic heterocycles. The van der Waals surface area contributed by atoms with Gasteiger partial charge in [-0.15, -0.1) is 0 Å². The molecule has 0 unspecified atom stereocenters. The summed E-state index contributed by atoms with van der Waals surface area (Å²) in [6, 6.07) is 0. The van der Waals surface area contributed by atoms with Crippen molar-refractivity contribution in [1.82, 2.24) is 4.90 Å². The zero-order chi connectivity index (χ0) is 24.4. The van der Waals surface area contributed by atoms with E-state index in [9.17, 15) is 19.2 Å². The highest BCUT2D eigenvalue weighted by atomic mass is 32.2. The summed E-state index contributed by atoms with van der Waals surface area (Å²) in [7, 11) is 0. The predicted molar refractivity (Wildman–Crippen MR) is 124 cm³/mol. The third-order valence-electron chi connectivity index (χ3n) is 4.97. The van der Waals surface area contributed by atoms with Crippen molar-refractivity contribution in [2.75, 3.05) is 45.2 Å². The predicted octanol–water partition coefficient (Wildman–Crippen LogP) is 2.46. The molecule has 0 N–H and O–H groups in total. The van der Waals surface area contributed by atoms with E-state index in [0.717, 1.165) is 31.4 Å². The van der Waals surface area contributed by atoms with Crippen molar-refractivity contribution in [3.8, 4) is 0 Å². The van der Waals surface area contributed by atoms with Gasteiger partial charge in [0.2, 0.25) is 0 Å². The second-order valence-electron chi connectivity index (χ2n) is 8.14. The van der Waals surface area contributed by atoms with Gasteiger partial charge in [0, 0.05) is 31.8 Å². The minimum absolute atomic E-state index is 0.00501. The van der Waals surface area contributed by atoms with Crippen LogP contribution >= 0.6 is 24.4 Å². The molecule has 1 saturated heterocycles. The first-order valence-electron chi connectivity index (χ1n) is 10.7. The lowest BCUT2D eigenvalue weighted by molar-refractivity contribution is -0.149. The van der Waals surface area contributed by atoms with Crippen molar-refractivity contribution in [2.24, 2.45) is 5.92 Å². The number of carbonyl (C=O) groups excluding carboxylic acids is 3. The molecule has 1 aromatic rings. The molecule has 0 amide bonds. The summed E-state index contributed by atoms with van der Waals surface area (Å²) in [6.07, 6.45) is 0.559. The molecule has 0 radical (unpaired) electrons. The van der Waals surface area contributed by atoms with Crippen LogP contribution in [0.5, 0.6) is 0 Å². The smallest absolute Gasteiger partial charge is 0.465 e. The van der Waals surface area contributed by atoms with Crippen LogP contribution in [0.3, 0.4) is 0 Å². The Morgan fingerprint density at radius 3 is 2.48 bits per heavy atom. The van der Waals surface area contributed by atoms with Crippen molar-refractivity contribution in [3.05, 3.63) is 22.1 Å². The highest BCUT2D eigenvalue weighted by molar-refractivity contribution is 8.13. The Morgan fingerprint density at radius 2 is 1.88 bits per heavy atom. The molecule has 0 aliphatic carbocycles. The fourth-order valence-electron chi connectivity index (χ4n) is 2.93. The Bertz CT molecular complexity index is 853. The van der Waals surface area contributed by atoms with Gasteiger partial charge in [0.25, 0.3) is 0 Å². The van der Waals surface area contributed by atoms with Crippen molar-refractivity contribution < 1.29 is 37.4 Å². The van der Waals surface area contributed by atoms with Crippen molar-refractivity contribution >= 4 is 41.4 Å². The summed E-state index contributed by atoms with van der Waals surface area (Å²) in [5.74, 6) is -2.14. The Kier molecular flexibility index (Phi) is 11.0. The van der Waals surface area contributed by atoms with Gasteiger partial charge in [-0.3, -0.25) is 14.5 Å². The molecule has 10 nitrogen and oxygen atoms in total. The lowest BCUT2D eigenvalue weighted by Crippen LogP contribution is -2.37. The zero-order valence-electron chi connectivity index (χ0n) is 19.1. The quantitative estimate of drug-likeness (QED) is 0.256. The van der Waals surface area contributed by atoms with Crippen molar-refractivity contribution in [1.29, 1.82) is 0 Å². The van der Waals surface area contributed by atoms with Gasteiger partial charge in [0.15, 0.2) is 18.1 Å². The number of esters is 1. The van der Waals surface area contributed by atoms with Crippen LogP contribution in [0.2, 0.25) is 0 Å². The summed E-state index contributed by atoms with van der Waals surface area (Å²) in [5, 5.41) is -0.680. The average molecular weight is 506 g/mol. The number of aryl methyl sites for hydroxylation is 1. The van der Waals surface area contributed by atoms with Crippen LogP contribution in [-0.4, -0.2) is 71.9 Å². The number of Topliss-reactive ketones (excluding diaryl/α,β-unsaturated/α-hetero) is 1. The molecule has 1 fully saturated rings. The monoisotopic (exact) mass is 505 g/mol. The van der Waals surface area contributed by atoms with E-state index in [1.165, 1.54) is 6.92 Å². The molecule has 0 spiro atoms.